The first-order valence-corrected chi connectivity index (χ1v) is 8.61. The zero-order chi connectivity index (χ0) is 17.8. The number of nitrogens with one attached hydrogen (secondary N) is 1. The number of H-pyrrole nitrogens is 1. The number of hydrogen-bond donors (Lipinski definition) is 1. The highest BCUT2D eigenvalue weighted by molar-refractivity contribution is 8.00. The van der Waals surface area contributed by atoms with E-state index < -0.39 is 0 Å². The standard InChI is InChI=1S/C18H17FN4OS/c1-12(17(24)23(2)13-8-4-3-5-9-13)25-18-20-16(21-22-18)14-10-6-7-11-15(14)19/h3-12H,1-2H3,(H,20,21,22)/t12-/m1/s1. The first-order valence-electron chi connectivity index (χ1n) is 7.73. The van der Waals surface area contributed by atoms with E-state index in [0.717, 1.165) is 5.69 Å². The maximum absolute atomic E-state index is 13.8. The van der Waals surface area contributed by atoms with Crippen LogP contribution in [0.5, 0.6) is 0 Å². The van der Waals surface area contributed by atoms with Crippen molar-refractivity contribution in [2.75, 3.05) is 11.9 Å². The topological polar surface area (TPSA) is 61.9 Å². The van der Waals surface area contributed by atoms with Crippen molar-refractivity contribution >= 4 is 23.4 Å². The summed E-state index contributed by atoms with van der Waals surface area (Å²) in [5.41, 5.74) is 1.17. The molecule has 0 aliphatic carbocycles. The van der Waals surface area contributed by atoms with Gasteiger partial charge in [-0.3, -0.25) is 9.89 Å². The molecule has 25 heavy (non-hydrogen) atoms. The Morgan fingerprint density at radius 2 is 1.84 bits per heavy atom. The Hall–Kier alpha value is -2.67. The number of benzene rings is 2. The molecule has 0 saturated heterocycles. The Morgan fingerprint density at radius 3 is 2.56 bits per heavy atom. The number of hydrogen-bond acceptors (Lipinski definition) is 4. The van der Waals surface area contributed by atoms with Gasteiger partial charge in [0.1, 0.15) is 5.82 Å². The predicted octanol–water partition coefficient (Wildman–Crippen LogP) is 3.75. The van der Waals surface area contributed by atoms with Crippen molar-refractivity contribution < 1.29 is 9.18 Å². The fraction of sp³-hybridized carbons (Fsp3) is 0.167. The summed E-state index contributed by atoms with van der Waals surface area (Å²) >= 11 is 1.23. The molecule has 5 nitrogen and oxygen atoms in total. The highest BCUT2D eigenvalue weighted by atomic mass is 32.2. The molecule has 1 amide bonds. The quantitative estimate of drug-likeness (QED) is 0.707. The second-order valence-corrected chi connectivity index (χ2v) is 6.75. The summed E-state index contributed by atoms with van der Waals surface area (Å²) in [5.74, 6) is -0.0896. The fourth-order valence-electron chi connectivity index (χ4n) is 2.33. The molecule has 128 valence electrons. The summed E-state index contributed by atoms with van der Waals surface area (Å²) in [6.07, 6.45) is 0. The summed E-state index contributed by atoms with van der Waals surface area (Å²) in [5, 5.41) is 6.82. The van der Waals surface area contributed by atoms with E-state index in [0.29, 0.717) is 16.5 Å². The van der Waals surface area contributed by atoms with Gasteiger partial charge in [0, 0.05) is 12.7 Å². The average Bonchev–Trinajstić information content (AvgIpc) is 3.09. The van der Waals surface area contributed by atoms with Gasteiger partial charge < -0.3 is 4.90 Å². The molecule has 7 heteroatoms. The molecule has 1 aromatic heterocycles. The number of carbonyl (C=O) groups is 1. The largest absolute Gasteiger partial charge is 0.315 e. The molecular weight excluding hydrogens is 339 g/mol. The van der Waals surface area contributed by atoms with Gasteiger partial charge in [-0.05, 0) is 31.2 Å². The molecular formula is C18H17FN4OS. The molecule has 2 aromatic carbocycles. The van der Waals surface area contributed by atoms with Gasteiger partial charge in [-0.25, -0.2) is 9.37 Å². The molecule has 0 saturated carbocycles. The fourth-order valence-corrected chi connectivity index (χ4v) is 3.15. The Bertz CT molecular complexity index is 868. The lowest BCUT2D eigenvalue weighted by Crippen LogP contribution is -2.33. The van der Waals surface area contributed by atoms with Gasteiger partial charge >= 0.3 is 0 Å². The number of aromatic nitrogens is 3. The zero-order valence-corrected chi connectivity index (χ0v) is 14.6. The maximum Gasteiger partial charge on any atom is 0.240 e. The van der Waals surface area contributed by atoms with Gasteiger partial charge in [-0.1, -0.05) is 42.1 Å². The van der Waals surface area contributed by atoms with Crippen molar-refractivity contribution in [3.05, 3.63) is 60.4 Å². The number of rotatable bonds is 5. The smallest absolute Gasteiger partial charge is 0.240 e. The van der Waals surface area contributed by atoms with Crippen LogP contribution < -0.4 is 4.90 Å². The molecule has 0 radical (unpaired) electrons. The van der Waals surface area contributed by atoms with Crippen LogP contribution in [-0.4, -0.2) is 33.4 Å². The molecule has 0 unspecified atom stereocenters. The van der Waals surface area contributed by atoms with Crippen molar-refractivity contribution in [3.63, 3.8) is 0 Å². The van der Waals surface area contributed by atoms with Crippen LogP contribution in [0.1, 0.15) is 6.92 Å². The molecule has 0 aliphatic rings. The highest BCUT2D eigenvalue weighted by Crippen LogP contribution is 2.26. The van der Waals surface area contributed by atoms with Crippen molar-refractivity contribution in [2.45, 2.75) is 17.3 Å². The molecule has 0 fully saturated rings. The van der Waals surface area contributed by atoms with E-state index in [9.17, 15) is 9.18 Å². The van der Waals surface area contributed by atoms with Crippen LogP contribution in [0.25, 0.3) is 11.4 Å². The minimum atomic E-state index is -0.380. The lowest BCUT2D eigenvalue weighted by Gasteiger charge is -2.20. The van der Waals surface area contributed by atoms with E-state index in [2.05, 4.69) is 15.2 Å². The average molecular weight is 356 g/mol. The minimum absolute atomic E-state index is 0.0616. The summed E-state index contributed by atoms with van der Waals surface area (Å²) in [4.78, 5) is 18.4. The summed E-state index contributed by atoms with van der Waals surface area (Å²) < 4.78 is 13.8. The zero-order valence-electron chi connectivity index (χ0n) is 13.8. The Morgan fingerprint density at radius 1 is 1.16 bits per heavy atom. The van der Waals surface area contributed by atoms with Crippen LogP contribution >= 0.6 is 11.8 Å². The van der Waals surface area contributed by atoms with Crippen LogP contribution in [-0.2, 0) is 4.79 Å². The number of para-hydroxylation sites is 1. The number of aromatic amines is 1. The van der Waals surface area contributed by atoms with Crippen molar-refractivity contribution in [1.82, 2.24) is 15.2 Å². The summed E-state index contributed by atoms with van der Waals surface area (Å²) in [6, 6.07) is 15.8. The first-order chi connectivity index (χ1) is 12.1. The van der Waals surface area contributed by atoms with Gasteiger partial charge in [0.2, 0.25) is 11.1 Å². The van der Waals surface area contributed by atoms with Crippen LogP contribution in [0, 0.1) is 5.82 Å². The number of thioether (sulfide) groups is 1. The molecule has 0 aliphatic heterocycles. The third-order valence-electron chi connectivity index (χ3n) is 3.70. The molecule has 3 aromatic rings. The van der Waals surface area contributed by atoms with Crippen LogP contribution in [0.3, 0.4) is 0 Å². The third kappa shape index (κ3) is 3.88. The number of carbonyl (C=O) groups excluding carboxylic acids is 1. The van der Waals surface area contributed by atoms with Gasteiger partial charge in [-0.2, -0.15) is 0 Å². The third-order valence-corrected chi connectivity index (χ3v) is 4.65. The van der Waals surface area contributed by atoms with E-state index in [-0.39, 0.29) is 17.0 Å². The van der Waals surface area contributed by atoms with E-state index in [1.54, 1.807) is 37.1 Å². The number of halogens is 1. The van der Waals surface area contributed by atoms with E-state index in [4.69, 9.17) is 0 Å². The lowest BCUT2D eigenvalue weighted by molar-refractivity contribution is -0.117. The van der Waals surface area contributed by atoms with Gasteiger partial charge in [0.25, 0.3) is 0 Å². The number of nitrogens with zero attached hydrogens (tertiary/aromatic N) is 3. The van der Waals surface area contributed by atoms with Crippen molar-refractivity contribution in [2.24, 2.45) is 0 Å². The van der Waals surface area contributed by atoms with Gasteiger partial charge in [-0.15, -0.1) is 5.10 Å². The second-order valence-electron chi connectivity index (χ2n) is 5.44. The maximum atomic E-state index is 13.8. The van der Waals surface area contributed by atoms with Crippen molar-refractivity contribution in [3.8, 4) is 11.4 Å². The first kappa shape index (κ1) is 17.2. The molecule has 3 rings (SSSR count). The van der Waals surface area contributed by atoms with Crippen LogP contribution in [0.4, 0.5) is 10.1 Å². The Balaban J connectivity index is 1.70. The van der Waals surface area contributed by atoms with Gasteiger partial charge in [0.15, 0.2) is 5.82 Å². The SMILES string of the molecule is C[C@@H](Sc1n[nH]c(-c2ccccc2F)n1)C(=O)N(C)c1ccccc1. The summed E-state index contributed by atoms with van der Waals surface area (Å²) in [6.45, 7) is 1.80. The molecule has 1 atom stereocenters. The lowest BCUT2D eigenvalue weighted by atomic mass is 10.2. The number of amides is 1. The van der Waals surface area contributed by atoms with Crippen molar-refractivity contribution in [1.29, 1.82) is 0 Å². The molecule has 1 heterocycles. The normalized spacial score (nSPS) is 12.0. The molecule has 1 N–H and O–H groups in total. The Kier molecular flexibility index (Phi) is 5.14. The summed E-state index contributed by atoms with van der Waals surface area (Å²) in [7, 11) is 1.73. The van der Waals surface area contributed by atoms with Crippen LogP contribution in [0.15, 0.2) is 59.8 Å². The minimum Gasteiger partial charge on any atom is -0.315 e. The van der Waals surface area contributed by atoms with Crippen LogP contribution in [0.2, 0.25) is 0 Å². The Labute approximate surface area is 149 Å². The van der Waals surface area contributed by atoms with E-state index in [1.807, 2.05) is 30.3 Å². The predicted molar refractivity (Wildman–Crippen MR) is 96.9 cm³/mol. The number of anilines is 1. The highest BCUT2D eigenvalue weighted by Gasteiger charge is 2.22. The second kappa shape index (κ2) is 7.48. The van der Waals surface area contributed by atoms with E-state index >= 15 is 0 Å². The molecule has 0 bridgehead atoms. The monoisotopic (exact) mass is 356 g/mol. The van der Waals surface area contributed by atoms with Gasteiger partial charge in [0.05, 0.1) is 10.8 Å². The molecule has 0 spiro atoms. The van der Waals surface area contributed by atoms with E-state index in [1.165, 1.54) is 17.8 Å².